The van der Waals surface area contributed by atoms with Crippen LogP contribution in [0.3, 0.4) is 0 Å². The number of aromatic carboxylic acids is 1. The van der Waals surface area contributed by atoms with Crippen LogP contribution in [0.5, 0.6) is 0 Å². The van der Waals surface area contributed by atoms with Gasteiger partial charge in [0.1, 0.15) is 4.88 Å². The van der Waals surface area contributed by atoms with E-state index in [0.717, 1.165) is 24.2 Å². The molecule has 2 aromatic heterocycles. The standard InChI is InChI=1S/C13H17N3O2S/c1-3-16-8-10(6-14-16)7-15(2)9-11-4-5-19-12(11)13(17)18/h4-6,8H,3,7,9H2,1-2H3,(H,17,18). The average molecular weight is 279 g/mol. The first-order valence-corrected chi connectivity index (χ1v) is 6.97. The molecule has 0 bridgehead atoms. The SMILES string of the molecule is CCn1cc(CN(C)Cc2ccsc2C(=O)O)cn1. The van der Waals surface area contributed by atoms with Gasteiger partial charge in [0.25, 0.3) is 0 Å². The van der Waals surface area contributed by atoms with E-state index in [-0.39, 0.29) is 0 Å². The topological polar surface area (TPSA) is 58.4 Å². The maximum atomic E-state index is 11.0. The van der Waals surface area contributed by atoms with E-state index in [1.165, 1.54) is 11.3 Å². The van der Waals surface area contributed by atoms with Gasteiger partial charge in [0.2, 0.25) is 0 Å². The predicted molar refractivity (Wildman–Crippen MR) is 74.4 cm³/mol. The lowest BCUT2D eigenvalue weighted by atomic mass is 10.2. The largest absolute Gasteiger partial charge is 0.477 e. The lowest BCUT2D eigenvalue weighted by molar-refractivity contribution is 0.0700. The van der Waals surface area contributed by atoms with Crippen molar-refractivity contribution >= 4 is 17.3 Å². The Hall–Kier alpha value is -1.66. The number of rotatable bonds is 6. The van der Waals surface area contributed by atoms with Gasteiger partial charge >= 0.3 is 5.97 Å². The molecule has 19 heavy (non-hydrogen) atoms. The molecule has 0 spiro atoms. The van der Waals surface area contributed by atoms with Gasteiger partial charge in [-0.15, -0.1) is 11.3 Å². The lowest BCUT2D eigenvalue weighted by Gasteiger charge is -2.15. The molecule has 2 heterocycles. The Bertz CT molecular complexity index is 562. The zero-order valence-electron chi connectivity index (χ0n) is 11.0. The van der Waals surface area contributed by atoms with Crippen LogP contribution in [0.15, 0.2) is 23.8 Å². The molecule has 0 saturated carbocycles. The summed E-state index contributed by atoms with van der Waals surface area (Å²) in [6.45, 7) is 4.29. The van der Waals surface area contributed by atoms with Crippen molar-refractivity contribution in [3.8, 4) is 0 Å². The zero-order valence-corrected chi connectivity index (χ0v) is 11.9. The van der Waals surface area contributed by atoms with Crippen LogP contribution in [0.4, 0.5) is 0 Å². The van der Waals surface area contributed by atoms with Crippen LogP contribution in [0.2, 0.25) is 0 Å². The van der Waals surface area contributed by atoms with E-state index in [1.54, 1.807) is 0 Å². The minimum atomic E-state index is -0.850. The van der Waals surface area contributed by atoms with Crippen molar-refractivity contribution in [1.29, 1.82) is 0 Å². The molecule has 2 aromatic rings. The molecule has 0 fully saturated rings. The number of carboxylic acid groups (broad SMARTS) is 1. The Morgan fingerprint density at radius 3 is 2.95 bits per heavy atom. The summed E-state index contributed by atoms with van der Waals surface area (Å²) in [6, 6.07) is 1.88. The number of thiophene rings is 1. The molecule has 5 nitrogen and oxygen atoms in total. The van der Waals surface area contributed by atoms with Crippen LogP contribution < -0.4 is 0 Å². The molecule has 0 radical (unpaired) electrons. The van der Waals surface area contributed by atoms with Crippen molar-refractivity contribution < 1.29 is 9.90 Å². The Morgan fingerprint density at radius 2 is 2.32 bits per heavy atom. The van der Waals surface area contributed by atoms with Crippen LogP contribution >= 0.6 is 11.3 Å². The van der Waals surface area contributed by atoms with Gasteiger partial charge in [-0.05, 0) is 31.0 Å². The summed E-state index contributed by atoms with van der Waals surface area (Å²) in [7, 11) is 1.98. The molecular formula is C13H17N3O2S. The third-order valence-electron chi connectivity index (χ3n) is 2.84. The van der Waals surface area contributed by atoms with E-state index in [2.05, 4.69) is 10.00 Å². The van der Waals surface area contributed by atoms with Crippen molar-refractivity contribution in [2.45, 2.75) is 26.6 Å². The van der Waals surface area contributed by atoms with Gasteiger partial charge in [-0.25, -0.2) is 4.79 Å². The number of hydrogen-bond donors (Lipinski definition) is 1. The first-order valence-electron chi connectivity index (χ1n) is 6.09. The smallest absolute Gasteiger partial charge is 0.346 e. The molecule has 0 atom stereocenters. The molecule has 0 unspecified atom stereocenters. The van der Waals surface area contributed by atoms with Gasteiger partial charge in [-0.3, -0.25) is 9.58 Å². The normalized spacial score (nSPS) is 11.1. The van der Waals surface area contributed by atoms with Gasteiger partial charge in [-0.2, -0.15) is 5.10 Å². The third-order valence-corrected chi connectivity index (χ3v) is 3.79. The summed E-state index contributed by atoms with van der Waals surface area (Å²) in [6.07, 6.45) is 3.87. The van der Waals surface area contributed by atoms with Crippen molar-refractivity contribution in [3.05, 3.63) is 39.8 Å². The van der Waals surface area contributed by atoms with Crippen molar-refractivity contribution in [3.63, 3.8) is 0 Å². The van der Waals surface area contributed by atoms with E-state index in [9.17, 15) is 4.79 Å². The molecule has 0 aliphatic heterocycles. The summed E-state index contributed by atoms with van der Waals surface area (Å²) in [5, 5.41) is 15.1. The molecule has 1 N–H and O–H groups in total. The fourth-order valence-electron chi connectivity index (χ4n) is 1.97. The fourth-order valence-corrected chi connectivity index (χ4v) is 2.72. The Balaban J connectivity index is 1.99. The van der Waals surface area contributed by atoms with E-state index < -0.39 is 5.97 Å². The van der Waals surface area contributed by atoms with E-state index in [1.807, 2.05) is 42.5 Å². The minimum absolute atomic E-state index is 0.427. The maximum Gasteiger partial charge on any atom is 0.346 e. The molecule has 0 aliphatic carbocycles. The minimum Gasteiger partial charge on any atom is -0.477 e. The van der Waals surface area contributed by atoms with Crippen molar-refractivity contribution in [2.24, 2.45) is 0 Å². The lowest BCUT2D eigenvalue weighted by Crippen LogP contribution is -2.18. The van der Waals surface area contributed by atoms with Gasteiger partial charge in [0, 0.05) is 31.4 Å². The molecule has 0 aliphatic rings. The maximum absolute atomic E-state index is 11.0. The van der Waals surface area contributed by atoms with Gasteiger partial charge in [0.15, 0.2) is 0 Å². The molecule has 0 saturated heterocycles. The number of carboxylic acids is 1. The number of hydrogen-bond acceptors (Lipinski definition) is 4. The van der Waals surface area contributed by atoms with Crippen molar-refractivity contribution in [1.82, 2.24) is 14.7 Å². The molecular weight excluding hydrogens is 262 g/mol. The van der Waals surface area contributed by atoms with Gasteiger partial charge in [0.05, 0.1) is 6.20 Å². The second-order valence-corrected chi connectivity index (χ2v) is 5.37. The number of carbonyl (C=O) groups is 1. The number of nitrogens with zero attached hydrogens (tertiary/aromatic N) is 3. The quantitative estimate of drug-likeness (QED) is 0.881. The highest BCUT2D eigenvalue weighted by Gasteiger charge is 2.13. The average Bonchev–Trinajstić information content (AvgIpc) is 2.97. The van der Waals surface area contributed by atoms with Crippen molar-refractivity contribution in [2.75, 3.05) is 7.05 Å². The number of aryl methyl sites for hydroxylation is 1. The summed E-state index contributed by atoms with van der Waals surface area (Å²) < 4.78 is 1.89. The van der Waals surface area contributed by atoms with Crippen LogP contribution in [-0.4, -0.2) is 32.8 Å². The van der Waals surface area contributed by atoms with Gasteiger partial charge in [-0.1, -0.05) is 0 Å². The summed E-state index contributed by atoms with van der Waals surface area (Å²) >= 11 is 1.27. The van der Waals surface area contributed by atoms with Crippen LogP contribution in [0, 0.1) is 0 Å². The van der Waals surface area contributed by atoms with E-state index in [0.29, 0.717) is 11.4 Å². The molecule has 0 aromatic carbocycles. The second kappa shape index (κ2) is 5.99. The van der Waals surface area contributed by atoms with Crippen LogP contribution in [0.25, 0.3) is 0 Å². The Kier molecular flexibility index (Phi) is 4.34. The van der Waals surface area contributed by atoms with Gasteiger partial charge < -0.3 is 5.11 Å². The summed E-state index contributed by atoms with van der Waals surface area (Å²) in [5.41, 5.74) is 2.00. The molecule has 0 amide bonds. The molecule has 6 heteroatoms. The summed E-state index contributed by atoms with van der Waals surface area (Å²) in [5.74, 6) is -0.850. The Morgan fingerprint density at radius 1 is 1.53 bits per heavy atom. The monoisotopic (exact) mass is 279 g/mol. The second-order valence-electron chi connectivity index (χ2n) is 4.46. The zero-order chi connectivity index (χ0) is 13.8. The van der Waals surface area contributed by atoms with Crippen LogP contribution in [0.1, 0.15) is 27.7 Å². The highest BCUT2D eigenvalue weighted by atomic mass is 32.1. The highest BCUT2D eigenvalue weighted by molar-refractivity contribution is 7.12. The van der Waals surface area contributed by atoms with Crippen LogP contribution in [-0.2, 0) is 19.6 Å². The van der Waals surface area contributed by atoms with E-state index >= 15 is 0 Å². The molecule has 2 rings (SSSR count). The third kappa shape index (κ3) is 3.42. The summed E-state index contributed by atoms with van der Waals surface area (Å²) in [4.78, 5) is 13.6. The number of aromatic nitrogens is 2. The predicted octanol–water partition coefficient (Wildman–Crippen LogP) is 2.29. The van der Waals surface area contributed by atoms with E-state index in [4.69, 9.17) is 5.11 Å². The molecule has 102 valence electrons. The first-order chi connectivity index (χ1) is 9.10. The highest BCUT2D eigenvalue weighted by Crippen LogP contribution is 2.18. The Labute approximate surface area is 116 Å². The fraction of sp³-hybridized carbons (Fsp3) is 0.385. The first kappa shape index (κ1) is 13.8.